The van der Waals surface area contributed by atoms with Crippen LogP contribution in [0.2, 0.25) is 0 Å². The van der Waals surface area contributed by atoms with E-state index in [2.05, 4.69) is 13.8 Å². The molecule has 1 rings (SSSR count). The molecule has 3 nitrogen and oxygen atoms in total. The monoisotopic (exact) mass is 241 g/mol. The highest BCUT2D eigenvalue weighted by Crippen LogP contribution is 2.16. The lowest BCUT2D eigenvalue weighted by molar-refractivity contribution is 0.0881. The minimum absolute atomic E-state index is 0.148. The molecule has 17 heavy (non-hydrogen) atoms. The second-order valence-electron chi connectivity index (χ2n) is 4.59. The highest BCUT2D eigenvalue weighted by atomic mass is 19.1. The summed E-state index contributed by atoms with van der Waals surface area (Å²) in [7, 11) is 0. The first-order valence-corrected chi connectivity index (χ1v) is 5.81. The van der Waals surface area contributed by atoms with Gasteiger partial charge in [0.1, 0.15) is 17.7 Å². The molecular weight excluding hydrogens is 221 g/mol. The zero-order chi connectivity index (χ0) is 12.8. The van der Waals surface area contributed by atoms with Gasteiger partial charge < -0.3 is 15.6 Å². The fraction of sp³-hybridized carbons (Fsp3) is 0.538. The van der Waals surface area contributed by atoms with Crippen molar-refractivity contribution < 1.29 is 14.2 Å². The third-order valence-corrected chi connectivity index (χ3v) is 2.50. The Balaban J connectivity index is 2.59. The van der Waals surface area contributed by atoms with E-state index in [1.807, 2.05) is 0 Å². The van der Waals surface area contributed by atoms with Crippen molar-refractivity contribution in [2.24, 2.45) is 11.7 Å². The highest BCUT2D eigenvalue weighted by Gasteiger charge is 2.19. The summed E-state index contributed by atoms with van der Waals surface area (Å²) in [5.41, 5.74) is 5.95. The molecule has 1 aromatic carbocycles. The van der Waals surface area contributed by atoms with E-state index in [0.29, 0.717) is 11.7 Å². The Morgan fingerprint density at radius 2 is 1.88 bits per heavy atom. The average molecular weight is 241 g/mol. The minimum atomic E-state index is -0.456. The van der Waals surface area contributed by atoms with Gasteiger partial charge in [0.05, 0.1) is 6.61 Å². The summed E-state index contributed by atoms with van der Waals surface area (Å²) >= 11 is 0. The summed E-state index contributed by atoms with van der Waals surface area (Å²) in [5, 5.41) is 9.25. The van der Waals surface area contributed by atoms with Crippen molar-refractivity contribution in [2.75, 3.05) is 6.61 Å². The molecule has 0 heterocycles. The highest BCUT2D eigenvalue weighted by molar-refractivity contribution is 5.22. The van der Waals surface area contributed by atoms with E-state index in [1.165, 1.54) is 24.3 Å². The Morgan fingerprint density at radius 1 is 1.29 bits per heavy atom. The van der Waals surface area contributed by atoms with Crippen LogP contribution in [-0.4, -0.2) is 23.9 Å². The van der Waals surface area contributed by atoms with Crippen molar-refractivity contribution in [1.29, 1.82) is 0 Å². The molecular formula is C13H20FNO2. The van der Waals surface area contributed by atoms with Crippen molar-refractivity contribution in [2.45, 2.75) is 32.4 Å². The van der Waals surface area contributed by atoms with Gasteiger partial charge in [-0.1, -0.05) is 13.8 Å². The number of hydrogen-bond acceptors (Lipinski definition) is 3. The third-order valence-electron chi connectivity index (χ3n) is 2.50. The molecule has 0 aliphatic rings. The zero-order valence-corrected chi connectivity index (χ0v) is 10.3. The number of aliphatic hydroxyl groups is 1. The van der Waals surface area contributed by atoms with E-state index in [1.54, 1.807) is 0 Å². The summed E-state index contributed by atoms with van der Waals surface area (Å²) in [6, 6.07) is 5.46. The minimum Gasteiger partial charge on any atom is -0.486 e. The topological polar surface area (TPSA) is 55.5 Å². The first-order chi connectivity index (χ1) is 8.02. The van der Waals surface area contributed by atoms with E-state index in [9.17, 15) is 9.50 Å². The van der Waals surface area contributed by atoms with Crippen LogP contribution in [0.3, 0.4) is 0 Å². The number of aliphatic hydroxyl groups excluding tert-OH is 1. The molecule has 0 bridgehead atoms. The summed E-state index contributed by atoms with van der Waals surface area (Å²) in [4.78, 5) is 0. The molecule has 1 aromatic rings. The standard InChI is InChI=1S/C13H20FNO2/c1-9(2)7-12(15)13(8-16)17-11-5-3-10(14)4-6-11/h3-6,9,12-13,16H,7-8,15H2,1-2H3. The number of halogens is 1. The van der Waals surface area contributed by atoms with Crippen LogP contribution in [0.1, 0.15) is 20.3 Å². The lowest BCUT2D eigenvalue weighted by Gasteiger charge is -2.24. The Morgan fingerprint density at radius 3 is 2.35 bits per heavy atom. The molecule has 96 valence electrons. The van der Waals surface area contributed by atoms with Crippen LogP contribution in [0.4, 0.5) is 4.39 Å². The second kappa shape index (κ2) is 6.57. The van der Waals surface area contributed by atoms with Gasteiger partial charge in [-0.2, -0.15) is 0 Å². The molecule has 0 radical (unpaired) electrons. The molecule has 2 atom stereocenters. The molecule has 0 saturated carbocycles. The quantitative estimate of drug-likeness (QED) is 0.800. The maximum absolute atomic E-state index is 12.7. The molecule has 2 unspecified atom stereocenters. The van der Waals surface area contributed by atoms with Crippen LogP contribution in [0, 0.1) is 11.7 Å². The molecule has 0 aromatic heterocycles. The van der Waals surface area contributed by atoms with Crippen molar-refractivity contribution in [3.05, 3.63) is 30.1 Å². The summed E-state index contributed by atoms with van der Waals surface area (Å²) in [6.45, 7) is 3.98. The fourth-order valence-corrected chi connectivity index (χ4v) is 1.64. The Kier molecular flexibility index (Phi) is 5.38. The predicted molar refractivity (Wildman–Crippen MR) is 65.3 cm³/mol. The van der Waals surface area contributed by atoms with Crippen LogP contribution >= 0.6 is 0 Å². The van der Waals surface area contributed by atoms with Crippen molar-refractivity contribution >= 4 is 0 Å². The maximum atomic E-state index is 12.7. The molecule has 0 fully saturated rings. The van der Waals surface area contributed by atoms with Gasteiger partial charge >= 0.3 is 0 Å². The molecule has 3 N–H and O–H groups in total. The number of ether oxygens (including phenoxy) is 1. The van der Waals surface area contributed by atoms with E-state index in [4.69, 9.17) is 10.5 Å². The number of nitrogens with two attached hydrogens (primary N) is 1. The van der Waals surface area contributed by atoms with Crippen LogP contribution < -0.4 is 10.5 Å². The van der Waals surface area contributed by atoms with Gasteiger partial charge in [0, 0.05) is 6.04 Å². The maximum Gasteiger partial charge on any atom is 0.137 e. The van der Waals surface area contributed by atoms with Gasteiger partial charge in [0.2, 0.25) is 0 Å². The summed E-state index contributed by atoms with van der Waals surface area (Å²) in [6.07, 6.45) is 0.315. The van der Waals surface area contributed by atoms with Gasteiger partial charge in [0.15, 0.2) is 0 Å². The number of benzene rings is 1. The van der Waals surface area contributed by atoms with Gasteiger partial charge in [-0.05, 0) is 36.6 Å². The second-order valence-corrected chi connectivity index (χ2v) is 4.59. The molecule has 0 saturated heterocycles. The van der Waals surface area contributed by atoms with Crippen LogP contribution in [0.5, 0.6) is 5.75 Å². The lowest BCUT2D eigenvalue weighted by Crippen LogP contribution is -2.42. The van der Waals surface area contributed by atoms with E-state index >= 15 is 0 Å². The van der Waals surface area contributed by atoms with E-state index in [0.717, 1.165) is 6.42 Å². The van der Waals surface area contributed by atoms with Crippen molar-refractivity contribution in [3.8, 4) is 5.75 Å². The number of hydrogen-bond donors (Lipinski definition) is 2. The fourth-order valence-electron chi connectivity index (χ4n) is 1.64. The zero-order valence-electron chi connectivity index (χ0n) is 10.3. The average Bonchev–Trinajstić information content (AvgIpc) is 2.27. The largest absolute Gasteiger partial charge is 0.486 e. The van der Waals surface area contributed by atoms with E-state index < -0.39 is 6.10 Å². The molecule has 4 heteroatoms. The first-order valence-electron chi connectivity index (χ1n) is 5.81. The predicted octanol–water partition coefficient (Wildman–Crippen LogP) is 1.94. The van der Waals surface area contributed by atoms with Crippen LogP contribution in [0.25, 0.3) is 0 Å². The Labute approximate surface area is 101 Å². The van der Waals surface area contributed by atoms with Gasteiger partial charge in [-0.15, -0.1) is 0 Å². The molecule has 0 spiro atoms. The van der Waals surface area contributed by atoms with Crippen LogP contribution in [0.15, 0.2) is 24.3 Å². The third kappa shape index (κ3) is 4.71. The van der Waals surface area contributed by atoms with E-state index in [-0.39, 0.29) is 18.5 Å². The molecule has 0 aliphatic carbocycles. The summed E-state index contributed by atoms with van der Waals surface area (Å²) in [5.74, 6) is 0.643. The SMILES string of the molecule is CC(C)CC(N)C(CO)Oc1ccc(F)cc1. The molecule has 0 aliphatic heterocycles. The van der Waals surface area contributed by atoms with Gasteiger partial charge in [-0.3, -0.25) is 0 Å². The van der Waals surface area contributed by atoms with Crippen molar-refractivity contribution in [3.63, 3.8) is 0 Å². The first kappa shape index (κ1) is 13.9. The number of rotatable bonds is 6. The normalized spacial score (nSPS) is 14.7. The lowest BCUT2D eigenvalue weighted by atomic mass is 10.0. The van der Waals surface area contributed by atoms with Gasteiger partial charge in [-0.25, -0.2) is 4.39 Å². The summed E-state index contributed by atoms with van der Waals surface area (Å²) < 4.78 is 18.2. The van der Waals surface area contributed by atoms with Crippen molar-refractivity contribution in [1.82, 2.24) is 0 Å². The smallest absolute Gasteiger partial charge is 0.137 e. The Hall–Kier alpha value is -1.13. The van der Waals surface area contributed by atoms with Crippen LogP contribution in [-0.2, 0) is 0 Å². The Bertz CT molecular complexity index is 327. The van der Waals surface area contributed by atoms with Gasteiger partial charge in [0.25, 0.3) is 0 Å². The molecule has 0 amide bonds.